The highest BCUT2D eigenvalue weighted by molar-refractivity contribution is 6.76. The Morgan fingerprint density at radius 3 is 2.11 bits per heavy atom. The second-order valence-corrected chi connectivity index (χ2v) is 16.2. The topological polar surface area (TPSA) is 26.3 Å². The highest BCUT2D eigenvalue weighted by atomic mass is 28.3. The van der Waals surface area contributed by atoms with Crippen molar-refractivity contribution in [2.45, 2.75) is 69.6 Å². The van der Waals surface area contributed by atoms with Crippen LogP contribution in [0.15, 0.2) is 24.3 Å². The Bertz CT molecular complexity index is 663. The first kappa shape index (κ1) is 19.2. The van der Waals surface area contributed by atoms with E-state index in [0.717, 1.165) is 17.9 Å². The molecule has 4 heteroatoms. The maximum Gasteiger partial charge on any atom is 0.306 e. The number of rotatable bonds is 6. The maximum atomic E-state index is 13.6. The molecular formula is C23H33FO2Si. The predicted octanol–water partition coefficient (Wildman–Crippen LogP) is 5.79. The second kappa shape index (κ2) is 7.02. The van der Waals surface area contributed by atoms with Crippen LogP contribution in [0.2, 0.25) is 25.7 Å². The van der Waals surface area contributed by atoms with Gasteiger partial charge in [-0.1, -0.05) is 31.8 Å². The van der Waals surface area contributed by atoms with E-state index in [2.05, 4.69) is 19.6 Å². The molecule has 0 amide bonds. The summed E-state index contributed by atoms with van der Waals surface area (Å²) < 4.78 is 19.3. The molecule has 4 aliphatic carbocycles. The van der Waals surface area contributed by atoms with Crippen LogP contribution in [-0.4, -0.2) is 20.7 Å². The molecule has 0 unspecified atom stereocenters. The van der Waals surface area contributed by atoms with Gasteiger partial charge < -0.3 is 4.74 Å². The number of carbonyl (C=O) groups excluding carboxylic acids is 1. The Labute approximate surface area is 163 Å². The third-order valence-electron chi connectivity index (χ3n) is 7.53. The minimum Gasteiger partial charge on any atom is -0.466 e. The number of benzene rings is 1. The van der Waals surface area contributed by atoms with Crippen LogP contribution >= 0.6 is 0 Å². The quantitative estimate of drug-likeness (QED) is 0.455. The summed E-state index contributed by atoms with van der Waals surface area (Å²) in [7, 11) is -1.21. The lowest BCUT2D eigenvalue weighted by molar-refractivity contribution is -0.150. The van der Waals surface area contributed by atoms with Crippen LogP contribution in [-0.2, 0) is 14.9 Å². The lowest BCUT2D eigenvalue weighted by atomic mass is 9.43. The van der Waals surface area contributed by atoms with Crippen molar-refractivity contribution < 1.29 is 13.9 Å². The van der Waals surface area contributed by atoms with Gasteiger partial charge in [0.25, 0.3) is 0 Å². The van der Waals surface area contributed by atoms with Crippen LogP contribution in [0.4, 0.5) is 4.39 Å². The first-order chi connectivity index (χ1) is 12.8. The minimum absolute atomic E-state index is 0.0509. The fourth-order valence-corrected chi connectivity index (χ4v) is 7.12. The van der Waals surface area contributed by atoms with Gasteiger partial charge in [-0.2, -0.15) is 0 Å². The molecule has 4 fully saturated rings. The molecule has 4 bridgehead atoms. The SMILES string of the molecule is C[Si](C)(C)CCOC(=O)CC1(c2ccc(F)cc2)C2CC3CC(C2)CC1C3. The molecule has 4 aliphatic rings. The zero-order valence-electron chi connectivity index (χ0n) is 17.0. The van der Waals surface area contributed by atoms with Gasteiger partial charge in [-0.3, -0.25) is 4.79 Å². The van der Waals surface area contributed by atoms with E-state index >= 15 is 0 Å². The van der Waals surface area contributed by atoms with Gasteiger partial charge in [-0.15, -0.1) is 0 Å². The van der Waals surface area contributed by atoms with Crippen LogP contribution in [0.5, 0.6) is 0 Å². The summed E-state index contributed by atoms with van der Waals surface area (Å²) in [6, 6.07) is 8.02. The standard InChI is InChI=1S/C23H33FO2Si/c1-27(2,3)9-8-26-22(25)15-23(18-4-6-21(24)7-5-18)19-11-16-10-17(13-19)14-20(23)12-16/h4-7,16-17,19-20H,8-15H2,1-3H3. The van der Waals surface area contributed by atoms with Crippen molar-refractivity contribution in [3.63, 3.8) is 0 Å². The highest BCUT2D eigenvalue weighted by Crippen LogP contribution is 2.64. The number of esters is 1. The zero-order chi connectivity index (χ0) is 19.2. The van der Waals surface area contributed by atoms with Crippen molar-refractivity contribution in [1.29, 1.82) is 0 Å². The van der Waals surface area contributed by atoms with Crippen LogP contribution in [0.25, 0.3) is 0 Å². The largest absolute Gasteiger partial charge is 0.466 e. The van der Waals surface area contributed by atoms with Gasteiger partial charge in [-0.05, 0) is 79.5 Å². The number of hydrogen-bond acceptors (Lipinski definition) is 2. The molecule has 5 rings (SSSR count). The van der Waals surface area contributed by atoms with Gasteiger partial charge in [0, 0.05) is 13.5 Å². The Morgan fingerprint density at radius 1 is 1.04 bits per heavy atom. The molecule has 0 spiro atoms. The van der Waals surface area contributed by atoms with Crippen LogP contribution in [0, 0.1) is 29.5 Å². The first-order valence-corrected chi connectivity index (χ1v) is 14.4. The minimum atomic E-state index is -1.21. The molecule has 0 atom stereocenters. The lowest BCUT2D eigenvalue weighted by Crippen LogP contribution is -2.56. The summed E-state index contributed by atoms with van der Waals surface area (Å²) in [6.07, 6.45) is 6.77. The molecule has 148 valence electrons. The van der Waals surface area contributed by atoms with Crippen LogP contribution in [0.1, 0.15) is 44.1 Å². The zero-order valence-corrected chi connectivity index (χ0v) is 18.0. The molecule has 27 heavy (non-hydrogen) atoms. The number of halogens is 1. The van der Waals surface area contributed by atoms with E-state index in [9.17, 15) is 9.18 Å². The van der Waals surface area contributed by atoms with Crippen LogP contribution < -0.4 is 0 Å². The van der Waals surface area contributed by atoms with Crippen molar-refractivity contribution in [2.75, 3.05) is 6.61 Å². The van der Waals surface area contributed by atoms with Crippen molar-refractivity contribution in [2.24, 2.45) is 23.7 Å². The van der Waals surface area contributed by atoms with E-state index in [0.29, 0.717) is 24.9 Å². The first-order valence-electron chi connectivity index (χ1n) is 10.7. The normalized spacial score (nSPS) is 34.7. The Hall–Kier alpha value is -1.16. The van der Waals surface area contributed by atoms with Crippen molar-refractivity contribution in [3.8, 4) is 0 Å². The highest BCUT2D eigenvalue weighted by Gasteiger charge is 2.58. The Morgan fingerprint density at radius 2 is 1.59 bits per heavy atom. The fourth-order valence-electron chi connectivity index (χ4n) is 6.41. The summed E-state index contributed by atoms with van der Waals surface area (Å²) in [5, 5.41) is 0. The third kappa shape index (κ3) is 3.74. The van der Waals surface area contributed by atoms with E-state index < -0.39 is 8.07 Å². The van der Waals surface area contributed by atoms with Gasteiger partial charge in [0.05, 0.1) is 13.0 Å². The summed E-state index contributed by atoms with van der Waals surface area (Å²) in [5.41, 5.74) is 1.03. The molecule has 0 radical (unpaired) electrons. The van der Waals surface area contributed by atoms with Gasteiger partial charge in [0.1, 0.15) is 5.82 Å². The van der Waals surface area contributed by atoms with E-state index in [-0.39, 0.29) is 17.2 Å². The summed E-state index contributed by atoms with van der Waals surface area (Å²) in [4.78, 5) is 12.9. The van der Waals surface area contributed by atoms with Crippen LogP contribution in [0.3, 0.4) is 0 Å². The van der Waals surface area contributed by atoms with Gasteiger partial charge >= 0.3 is 5.97 Å². The molecule has 1 aromatic carbocycles. The van der Waals surface area contributed by atoms with Crippen molar-refractivity contribution in [1.82, 2.24) is 0 Å². The summed E-state index contributed by atoms with van der Waals surface area (Å²) in [5.74, 6) is 2.51. The van der Waals surface area contributed by atoms with Crippen molar-refractivity contribution in [3.05, 3.63) is 35.6 Å². The summed E-state index contributed by atoms with van der Waals surface area (Å²) >= 11 is 0. The van der Waals surface area contributed by atoms with Gasteiger partial charge in [0.15, 0.2) is 0 Å². The molecule has 0 N–H and O–H groups in total. The van der Waals surface area contributed by atoms with E-state index in [1.807, 2.05) is 12.1 Å². The van der Waals surface area contributed by atoms with Gasteiger partial charge in [-0.25, -0.2) is 4.39 Å². The smallest absolute Gasteiger partial charge is 0.306 e. The number of hydrogen-bond donors (Lipinski definition) is 0. The lowest BCUT2D eigenvalue weighted by Gasteiger charge is -2.61. The molecule has 0 saturated heterocycles. The second-order valence-electron chi connectivity index (χ2n) is 10.6. The maximum absolute atomic E-state index is 13.6. The average Bonchev–Trinajstić information content (AvgIpc) is 2.57. The number of carbonyl (C=O) groups is 1. The summed E-state index contributed by atoms with van der Waals surface area (Å²) in [6.45, 7) is 7.46. The Balaban J connectivity index is 1.58. The monoisotopic (exact) mass is 388 g/mol. The Kier molecular flexibility index (Phi) is 4.98. The molecule has 4 saturated carbocycles. The van der Waals surface area contributed by atoms with E-state index in [1.165, 1.54) is 37.7 Å². The number of ether oxygens (including phenoxy) is 1. The average molecular weight is 389 g/mol. The van der Waals surface area contributed by atoms with E-state index in [4.69, 9.17) is 4.74 Å². The molecular weight excluding hydrogens is 355 g/mol. The molecule has 1 aromatic rings. The van der Waals surface area contributed by atoms with Gasteiger partial charge in [0.2, 0.25) is 0 Å². The molecule has 0 aromatic heterocycles. The third-order valence-corrected chi connectivity index (χ3v) is 9.23. The van der Waals surface area contributed by atoms with E-state index in [1.54, 1.807) is 12.1 Å². The molecule has 0 aliphatic heterocycles. The predicted molar refractivity (Wildman–Crippen MR) is 109 cm³/mol. The fraction of sp³-hybridized carbons (Fsp3) is 0.696. The molecule has 0 heterocycles. The van der Waals surface area contributed by atoms with Crippen molar-refractivity contribution >= 4 is 14.0 Å². The molecule has 2 nitrogen and oxygen atoms in total.